The Kier molecular flexibility index (Phi) is 6.72. The molecule has 1 fully saturated rings. The zero-order valence-electron chi connectivity index (χ0n) is 17.3. The van der Waals surface area contributed by atoms with Crippen LogP contribution in [-0.4, -0.2) is 68.2 Å². The number of rotatable bonds is 6. The van der Waals surface area contributed by atoms with Gasteiger partial charge in [0.05, 0.1) is 4.90 Å². The van der Waals surface area contributed by atoms with Crippen LogP contribution in [0.2, 0.25) is 0 Å². The number of piperazine rings is 1. The highest BCUT2D eigenvalue weighted by molar-refractivity contribution is 7.89. The van der Waals surface area contributed by atoms with Gasteiger partial charge in [-0.2, -0.15) is 4.31 Å². The van der Waals surface area contributed by atoms with Gasteiger partial charge in [-0.15, -0.1) is 0 Å². The molecule has 0 atom stereocenters. The van der Waals surface area contributed by atoms with E-state index in [0.717, 1.165) is 37.3 Å². The molecule has 1 aliphatic heterocycles. The van der Waals surface area contributed by atoms with E-state index in [1.165, 1.54) is 4.31 Å². The third kappa shape index (κ3) is 5.04. The molecule has 0 aliphatic carbocycles. The first-order valence-electron chi connectivity index (χ1n) is 9.95. The van der Waals surface area contributed by atoms with E-state index in [0.29, 0.717) is 17.0 Å². The van der Waals surface area contributed by atoms with Crippen molar-refractivity contribution in [2.45, 2.75) is 25.3 Å². The number of aryl methyl sites for hydroxylation is 1. The highest BCUT2D eigenvalue weighted by Crippen LogP contribution is 2.19. The Labute approximate surface area is 173 Å². The third-order valence-electron chi connectivity index (χ3n) is 5.36. The summed E-state index contributed by atoms with van der Waals surface area (Å²) in [6.07, 6.45) is 0. The van der Waals surface area contributed by atoms with Crippen molar-refractivity contribution in [3.8, 4) is 0 Å². The minimum atomic E-state index is -3.56. The highest BCUT2D eigenvalue weighted by Gasteiger charge is 2.24. The summed E-state index contributed by atoms with van der Waals surface area (Å²) in [6.45, 7) is 7.63. The fourth-order valence-electron chi connectivity index (χ4n) is 3.37. The van der Waals surface area contributed by atoms with Crippen LogP contribution >= 0.6 is 0 Å². The molecule has 0 unspecified atom stereocenters. The van der Waals surface area contributed by atoms with Crippen LogP contribution in [-0.2, 0) is 16.6 Å². The van der Waals surface area contributed by atoms with Crippen molar-refractivity contribution in [2.75, 3.05) is 39.8 Å². The van der Waals surface area contributed by atoms with Gasteiger partial charge in [-0.05, 0) is 43.8 Å². The molecule has 2 aromatic carbocycles. The number of hydrogen-bond donors (Lipinski definition) is 0. The molecule has 1 heterocycles. The van der Waals surface area contributed by atoms with E-state index in [-0.39, 0.29) is 12.5 Å². The largest absolute Gasteiger partial charge is 0.336 e. The van der Waals surface area contributed by atoms with Crippen molar-refractivity contribution in [1.82, 2.24) is 14.1 Å². The van der Waals surface area contributed by atoms with E-state index in [9.17, 15) is 13.2 Å². The molecule has 0 N–H and O–H groups in total. The summed E-state index contributed by atoms with van der Waals surface area (Å²) < 4.78 is 27.4. The van der Waals surface area contributed by atoms with Crippen molar-refractivity contribution < 1.29 is 13.2 Å². The summed E-state index contributed by atoms with van der Waals surface area (Å²) in [6, 6.07) is 14.2. The second kappa shape index (κ2) is 9.07. The van der Waals surface area contributed by atoms with Gasteiger partial charge in [0, 0.05) is 44.8 Å². The van der Waals surface area contributed by atoms with E-state index >= 15 is 0 Å². The average molecular weight is 416 g/mol. The number of amides is 1. The second-order valence-corrected chi connectivity index (χ2v) is 9.47. The first-order chi connectivity index (χ1) is 13.8. The maximum atomic E-state index is 12.9. The van der Waals surface area contributed by atoms with Gasteiger partial charge < -0.3 is 9.80 Å². The molecule has 0 saturated carbocycles. The SMILES string of the molecule is CCN(Cc1ccc(C(=O)N2CCN(C)CC2)cc1)S(=O)(=O)c1ccc(C)cc1. The van der Waals surface area contributed by atoms with Crippen LogP contribution in [0.15, 0.2) is 53.4 Å². The number of sulfonamides is 1. The predicted molar refractivity (Wildman–Crippen MR) is 114 cm³/mol. The summed E-state index contributed by atoms with van der Waals surface area (Å²) in [5.41, 5.74) is 2.52. The molecule has 0 radical (unpaired) electrons. The van der Waals surface area contributed by atoms with Gasteiger partial charge in [-0.25, -0.2) is 8.42 Å². The molecule has 1 amide bonds. The molecule has 29 heavy (non-hydrogen) atoms. The minimum Gasteiger partial charge on any atom is -0.336 e. The molecule has 3 rings (SSSR count). The van der Waals surface area contributed by atoms with Crippen molar-refractivity contribution in [3.63, 3.8) is 0 Å². The lowest BCUT2D eigenvalue weighted by Gasteiger charge is -2.32. The lowest BCUT2D eigenvalue weighted by atomic mass is 10.1. The Bertz CT molecular complexity index is 932. The highest BCUT2D eigenvalue weighted by atomic mass is 32.2. The lowest BCUT2D eigenvalue weighted by molar-refractivity contribution is 0.0664. The zero-order valence-corrected chi connectivity index (χ0v) is 18.2. The van der Waals surface area contributed by atoms with Gasteiger partial charge in [0.1, 0.15) is 0 Å². The first kappa shape index (κ1) is 21.5. The Morgan fingerprint density at radius 2 is 1.55 bits per heavy atom. The standard InChI is InChI=1S/C22H29N3O3S/c1-4-25(29(27,28)21-11-5-18(2)6-12-21)17-19-7-9-20(10-8-19)22(26)24-15-13-23(3)14-16-24/h5-12H,4,13-17H2,1-3H3. The van der Waals surface area contributed by atoms with Crippen molar-refractivity contribution in [3.05, 3.63) is 65.2 Å². The number of benzene rings is 2. The topological polar surface area (TPSA) is 60.9 Å². The molecule has 7 heteroatoms. The predicted octanol–water partition coefficient (Wildman–Crippen LogP) is 2.59. The number of hydrogen-bond acceptors (Lipinski definition) is 4. The van der Waals surface area contributed by atoms with Crippen LogP contribution in [0.1, 0.15) is 28.4 Å². The van der Waals surface area contributed by atoms with Crippen LogP contribution in [0.25, 0.3) is 0 Å². The number of nitrogens with zero attached hydrogens (tertiary/aromatic N) is 3. The fraction of sp³-hybridized carbons (Fsp3) is 0.409. The van der Waals surface area contributed by atoms with Gasteiger partial charge in [0.25, 0.3) is 5.91 Å². The second-order valence-electron chi connectivity index (χ2n) is 7.54. The van der Waals surface area contributed by atoms with Crippen molar-refractivity contribution in [1.29, 1.82) is 0 Å². The zero-order chi connectivity index (χ0) is 21.0. The molecule has 0 aromatic heterocycles. The number of carbonyl (C=O) groups is 1. The first-order valence-corrected chi connectivity index (χ1v) is 11.4. The van der Waals surface area contributed by atoms with Gasteiger partial charge in [-0.3, -0.25) is 4.79 Å². The Morgan fingerprint density at radius 3 is 2.10 bits per heavy atom. The summed E-state index contributed by atoms with van der Waals surface area (Å²) in [4.78, 5) is 17.0. The molecule has 2 aromatic rings. The van der Waals surface area contributed by atoms with E-state index < -0.39 is 10.0 Å². The van der Waals surface area contributed by atoms with E-state index in [2.05, 4.69) is 11.9 Å². The number of likely N-dealkylation sites (N-methyl/N-ethyl adjacent to an activating group) is 1. The van der Waals surface area contributed by atoms with Crippen LogP contribution in [0.5, 0.6) is 0 Å². The molecule has 6 nitrogen and oxygen atoms in total. The number of carbonyl (C=O) groups excluding carboxylic acids is 1. The van der Waals surface area contributed by atoms with Crippen molar-refractivity contribution in [2.24, 2.45) is 0 Å². The summed E-state index contributed by atoms with van der Waals surface area (Å²) in [5.74, 6) is 0.0317. The molecule has 156 valence electrons. The maximum Gasteiger partial charge on any atom is 0.253 e. The average Bonchev–Trinajstić information content (AvgIpc) is 2.72. The minimum absolute atomic E-state index is 0.0317. The maximum absolute atomic E-state index is 12.9. The van der Waals surface area contributed by atoms with Crippen LogP contribution in [0, 0.1) is 6.92 Å². The van der Waals surface area contributed by atoms with Crippen LogP contribution in [0.3, 0.4) is 0 Å². The van der Waals surface area contributed by atoms with E-state index in [4.69, 9.17) is 0 Å². The summed E-state index contributed by atoms with van der Waals surface area (Å²) in [5, 5.41) is 0. The lowest BCUT2D eigenvalue weighted by Crippen LogP contribution is -2.47. The molecule has 1 aliphatic rings. The smallest absolute Gasteiger partial charge is 0.253 e. The van der Waals surface area contributed by atoms with Gasteiger partial charge in [-0.1, -0.05) is 36.8 Å². The van der Waals surface area contributed by atoms with Gasteiger partial charge >= 0.3 is 0 Å². The summed E-state index contributed by atoms with van der Waals surface area (Å²) in [7, 11) is -1.51. The molecule has 0 bridgehead atoms. The third-order valence-corrected chi connectivity index (χ3v) is 7.30. The fourth-order valence-corrected chi connectivity index (χ4v) is 4.81. The monoisotopic (exact) mass is 415 g/mol. The molecule has 0 spiro atoms. The Hall–Kier alpha value is -2.22. The molecule has 1 saturated heterocycles. The van der Waals surface area contributed by atoms with E-state index in [1.807, 2.05) is 30.9 Å². The summed E-state index contributed by atoms with van der Waals surface area (Å²) >= 11 is 0. The van der Waals surface area contributed by atoms with Crippen LogP contribution in [0.4, 0.5) is 0 Å². The van der Waals surface area contributed by atoms with Gasteiger partial charge in [0.15, 0.2) is 0 Å². The normalized spacial score (nSPS) is 15.7. The molecular formula is C22H29N3O3S. The van der Waals surface area contributed by atoms with Gasteiger partial charge in [0.2, 0.25) is 10.0 Å². The molecular weight excluding hydrogens is 386 g/mol. The van der Waals surface area contributed by atoms with Crippen LogP contribution < -0.4 is 0 Å². The quantitative estimate of drug-likeness (QED) is 0.728. The van der Waals surface area contributed by atoms with Crippen molar-refractivity contribution >= 4 is 15.9 Å². The Balaban J connectivity index is 1.70. The van der Waals surface area contributed by atoms with E-state index in [1.54, 1.807) is 36.4 Å². The Morgan fingerprint density at radius 1 is 0.966 bits per heavy atom.